The first kappa shape index (κ1) is 27.7. The van der Waals surface area contributed by atoms with Gasteiger partial charge in [-0.25, -0.2) is 31.9 Å². The number of halogens is 2. The maximum atomic E-state index is 15.3. The zero-order chi connectivity index (χ0) is 30.6. The van der Waals surface area contributed by atoms with E-state index in [9.17, 15) is 17.6 Å². The van der Waals surface area contributed by atoms with Gasteiger partial charge in [-0.05, 0) is 72.0 Å². The fraction of sp³-hybridized carbons (Fsp3) is 0.167. The summed E-state index contributed by atoms with van der Waals surface area (Å²) in [7, 11) is -3.48. The number of hydrogen-bond acceptors (Lipinski definition) is 7. The zero-order valence-corrected chi connectivity index (χ0v) is 24.0. The molecule has 0 bridgehead atoms. The van der Waals surface area contributed by atoms with E-state index >= 15 is 4.39 Å². The summed E-state index contributed by atoms with van der Waals surface area (Å²) in [5.41, 5.74) is 4.45. The van der Waals surface area contributed by atoms with E-state index in [2.05, 4.69) is 35.2 Å². The van der Waals surface area contributed by atoms with E-state index in [1.54, 1.807) is 42.9 Å². The van der Waals surface area contributed by atoms with Crippen molar-refractivity contribution >= 4 is 43.7 Å². The molecule has 4 aromatic heterocycles. The Balaban J connectivity index is 1.27. The van der Waals surface area contributed by atoms with Crippen LogP contribution in [0.4, 0.5) is 14.5 Å². The number of H-pyrrole nitrogens is 2. The Morgan fingerprint density at radius 3 is 2.68 bits per heavy atom. The lowest BCUT2D eigenvalue weighted by molar-refractivity contribution is -0.117. The largest absolute Gasteiger partial charge is 0.324 e. The van der Waals surface area contributed by atoms with Crippen LogP contribution in [0.2, 0.25) is 0 Å². The third-order valence-corrected chi connectivity index (χ3v) is 8.00. The Kier molecular flexibility index (Phi) is 6.66. The van der Waals surface area contributed by atoms with E-state index < -0.39 is 21.7 Å². The van der Waals surface area contributed by atoms with Crippen LogP contribution in [0.3, 0.4) is 0 Å². The molecule has 7 rings (SSSR count). The maximum Gasteiger partial charge on any atom is 0.227 e. The monoisotopic (exact) mass is 614 g/mol. The molecule has 0 radical (unpaired) electrons. The molecule has 1 amide bonds. The predicted octanol–water partition coefficient (Wildman–Crippen LogP) is 4.91. The van der Waals surface area contributed by atoms with Crippen LogP contribution in [0, 0.1) is 17.6 Å². The molecule has 1 fully saturated rings. The number of nitrogens with zero attached hydrogens (tertiary/aromatic N) is 4. The molecule has 0 aliphatic heterocycles. The highest BCUT2D eigenvalue weighted by molar-refractivity contribution is 7.88. The number of hydrogen-bond donors (Lipinski definition) is 4. The number of benzene rings is 2. The molecule has 1 saturated carbocycles. The van der Waals surface area contributed by atoms with Crippen LogP contribution in [0.15, 0.2) is 61.1 Å². The van der Waals surface area contributed by atoms with Crippen molar-refractivity contribution in [2.75, 3.05) is 11.6 Å². The number of pyridine rings is 2. The maximum absolute atomic E-state index is 15.3. The molecule has 4 heterocycles. The number of rotatable bonds is 8. The normalized spacial score (nSPS) is 13.5. The standard InChI is InChI=1S/C30H24F2N8O3S/c1-44(42,43)35-12-15-6-18(8-20(31)7-15)22-4-5-34-28-26(22)37-29(38-28)27-23-10-17(11-24(32)25(23)39-40-27)19-9-21(14-33-13-19)36-30(41)16-2-3-16/h4-11,13-14,16,35H,2-3,12H2,1H3,(H,36,41)(H,39,40)(H,34,37,38). The minimum Gasteiger partial charge on any atom is -0.324 e. The quantitative estimate of drug-likeness (QED) is 0.190. The minimum absolute atomic E-state index is 0.0274. The van der Waals surface area contributed by atoms with E-state index in [1.807, 2.05) is 0 Å². The fourth-order valence-corrected chi connectivity index (χ4v) is 5.49. The molecule has 0 saturated heterocycles. The SMILES string of the molecule is CS(=O)(=O)NCc1cc(F)cc(-c2ccnc3[nH]c(-c4n[nH]c5c(F)cc(-c6cncc(NC(=O)C7CC7)c6)cc45)nc23)c1. The number of sulfonamides is 1. The molecule has 1 aliphatic carbocycles. The first-order valence-corrected chi connectivity index (χ1v) is 15.5. The molecule has 0 spiro atoms. The van der Waals surface area contributed by atoms with Crippen LogP contribution in [-0.2, 0) is 21.4 Å². The lowest BCUT2D eigenvalue weighted by atomic mass is 10.0. The minimum atomic E-state index is -3.48. The van der Waals surface area contributed by atoms with Crippen molar-refractivity contribution in [3.05, 3.63) is 78.3 Å². The fourth-order valence-electron chi connectivity index (χ4n) is 5.06. The van der Waals surface area contributed by atoms with E-state index in [0.29, 0.717) is 61.6 Å². The van der Waals surface area contributed by atoms with Crippen LogP contribution in [-0.4, -0.2) is 50.7 Å². The number of fused-ring (bicyclic) bond motifs is 2. The number of carbonyl (C=O) groups excluding carboxylic acids is 1. The molecule has 14 heteroatoms. The van der Waals surface area contributed by atoms with Crippen molar-refractivity contribution in [1.82, 2.24) is 34.9 Å². The summed E-state index contributed by atoms with van der Waals surface area (Å²) < 4.78 is 55.4. The first-order chi connectivity index (χ1) is 21.1. The molecule has 0 atom stereocenters. The highest BCUT2D eigenvalue weighted by atomic mass is 32.2. The van der Waals surface area contributed by atoms with Crippen molar-refractivity contribution in [2.24, 2.45) is 5.92 Å². The van der Waals surface area contributed by atoms with E-state index in [0.717, 1.165) is 19.1 Å². The van der Waals surface area contributed by atoms with E-state index in [4.69, 9.17) is 4.98 Å². The Morgan fingerprint density at radius 2 is 1.89 bits per heavy atom. The molecule has 2 aromatic carbocycles. The summed E-state index contributed by atoms with van der Waals surface area (Å²) in [6, 6.07) is 10.8. The average Bonchev–Trinajstić information content (AvgIpc) is 3.61. The van der Waals surface area contributed by atoms with Crippen LogP contribution in [0.5, 0.6) is 0 Å². The number of aromatic nitrogens is 6. The Hall–Kier alpha value is -5.08. The third kappa shape index (κ3) is 5.52. The van der Waals surface area contributed by atoms with Crippen LogP contribution in [0.1, 0.15) is 18.4 Å². The molecule has 222 valence electrons. The molecule has 6 aromatic rings. The van der Waals surface area contributed by atoms with Crippen LogP contribution >= 0.6 is 0 Å². The van der Waals surface area contributed by atoms with Gasteiger partial charge in [0.15, 0.2) is 11.5 Å². The Morgan fingerprint density at radius 1 is 1.05 bits per heavy atom. The van der Waals surface area contributed by atoms with Crippen molar-refractivity contribution in [3.63, 3.8) is 0 Å². The second kappa shape index (κ2) is 10.6. The zero-order valence-electron chi connectivity index (χ0n) is 23.1. The number of nitrogens with one attached hydrogen (secondary N) is 4. The summed E-state index contributed by atoms with van der Waals surface area (Å²) in [6.07, 6.45) is 7.45. The lowest BCUT2D eigenvalue weighted by Gasteiger charge is -2.08. The van der Waals surface area contributed by atoms with Crippen LogP contribution < -0.4 is 10.0 Å². The molecule has 11 nitrogen and oxygen atoms in total. The molecule has 1 aliphatic rings. The molecule has 0 unspecified atom stereocenters. The van der Waals surface area contributed by atoms with Gasteiger partial charge in [0.25, 0.3) is 0 Å². The van der Waals surface area contributed by atoms with Gasteiger partial charge < -0.3 is 10.3 Å². The van der Waals surface area contributed by atoms with Gasteiger partial charge in [-0.2, -0.15) is 5.10 Å². The van der Waals surface area contributed by atoms with Gasteiger partial charge in [0.05, 0.1) is 18.1 Å². The molecular weight excluding hydrogens is 590 g/mol. The highest BCUT2D eigenvalue weighted by Crippen LogP contribution is 2.35. The summed E-state index contributed by atoms with van der Waals surface area (Å²) in [4.78, 5) is 28.7. The summed E-state index contributed by atoms with van der Waals surface area (Å²) >= 11 is 0. The second-order valence-corrected chi connectivity index (χ2v) is 12.6. The lowest BCUT2D eigenvalue weighted by Crippen LogP contribution is -2.21. The van der Waals surface area contributed by atoms with Crippen LogP contribution in [0.25, 0.3) is 55.8 Å². The van der Waals surface area contributed by atoms with Gasteiger partial charge >= 0.3 is 0 Å². The Bertz CT molecular complexity index is 2210. The Labute approximate surface area is 249 Å². The highest BCUT2D eigenvalue weighted by Gasteiger charge is 2.29. The average molecular weight is 615 g/mol. The van der Waals surface area contributed by atoms with E-state index in [-0.39, 0.29) is 23.9 Å². The van der Waals surface area contributed by atoms with Gasteiger partial charge in [0.2, 0.25) is 15.9 Å². The van der Waals surface area contributed by atoms with Gasteiger partial charge in [0.1, 0.15) is 28.4 Å². The summed E-state index contributed by atoms with van der Waals surface area (Å²) in [6.45, 7) is -0.0812. The van der Waals surface area contributed by atoms with Crippen molar-refractivity contribution in [3.8, 4) is 33.8 Å². The topological polar surface area (TPSA) is 158 Å². The van der Waals surface area contributed by atoms with Crippen molar-refractivity contribution in [1.29, 1.82) is 0 Å². The molecule has 4 N–H and O–H groups in total. The number of carbonyl (C=O) groups is 1. The number of amides is 1. The number of anilines is 1. The number of imidazole rings is 1. The third-order valence-electron chi connectivity index (χ3n) is 7.33. The molecule has 44 heavy (non-hydrogen) atoms. The van der Waals surface area contributed by atoms with Crippen molar-refractivity contribution < 1.29 is 22.0 Å². The van der Waals surface area contributed by atoms with Gasteiger partial charge in [-0.15, -0.1) is 0 Å². The summed E-state index contributed by atoms with van der Waals surface area (Å²) in [5, 5.41) is 10.4. The second-order valence-electron chi connectivity index (χ2n) is 10.8. The van der Waals surface area contributed by atoms with Gasteiger partial charge in [-0.1, -0.05) is 0 Å². The predicted molar refractivity (Wildman–Crippen MR) is 161 cm³/mol. The van der Waals surface area contributed by atoms with E-state index in [1.165, 1.54) is 18.2 Å². The number of aromatic amines is 2. The summed E-state index contributed by atoms with van der Waals surface area (Å²) in [5.74, 6) is -0.795. The van der Waals surface area contributed by atoms with Gasteiger partial charge in [0, 0.05) is 41.4 Å². The first-order valence-electron chi connectivity index (χ1n) is 13.6. The van der Waals surface area contributed by atoms with Crippen molar-refractivity contribution in [2.45, 2.75) is 19.4 Å². The molecular formula is C30H24F2N8O3S. The smallest absolute Gasteiger partial charge is 0.227 e. The van der Waals surface area contributed by atoms with Gasteiger partial charge in [-0.3, -0.25) is 14.9 Å².